The van der Waals surface area contributed by atoms with Crippen LogP contribution in [0.5, 0.6) is 0 Å². The molecule has 0 radical (unpaired) electrons. The summed E-state index contributed by atoms with van der Waals surface area (Å²) in [5.74, 6) is 1.76. The Balaban J connectivity index is 1.64. The van der Waals surface area contributed by atoms with Crippen molar-refractivity contribution in [2.45, 2.75) is 19.1 Å². The van der Waals surface area contributed by atoms with Crippen molar-refractivity contribution in [3.63, 3.8) is 0 Å². The average molecular weight is 325 g/mol. The molecule has 0 aliphatic heterocycles. The van der Waals surface area contributed by atoms with E-state index in [0.717, 1.165) is 11.5 Å². The topological polar surface area (TPSA) is 55.1 Å². The molecule has 0 atom stereocenters. The fourth-order valence-corrected chi connectivity index (χ4v) is 2.87. The number of hydrogen-bond acceptors (Lipinski definition) is 4. The highest BCUT2D eigenvalue weighted by molar-refractivity contribution is 7.98. The van der Waals surface area contributed by atoms with Gasteiger partial charge in [0.2, 0.25) is 11.1 Å². The van der Waals surface area contributed by atoms with Crippen LogP contribution in [0.1, 0.15) is 16.8 Å². The highest BCUT2D eigenvalue weighted by Gasteiger charge is 2.14. The summed E-state index contributed by atoms with van der Waals surface area (Å²) >= 11 is 7.62. The van der Waals surface area contributed by atoms with Gasteiger partial charge in [-0.3, -0.25) is 4.79 Å². The summed E-state index contributed by atoms with van der Waals surface area (Å²) in [7, 11) is 0. The predicted octanol–water partition coefficient (Wildman–Crippen LogP) is 3.23. The highest BCUT2D eigenvalue weighted by Crippen LogP contribution is 2.19. The minimum Gasteiger partial charge on any atom is -0.355 e. The molecule has 0 aliphatic carbocycles. The third-order valence-corrected chi connectivity index (χ3v) is 4.28. The number of aryl methyl sites for hydroxylation is 1. The van der Waals surface area contributed by atoms with Crippen molar-refractivity contribution in [1.82, 2.24) is 10.5 Å². The van der Waals surface area contributed by atoms with Gasteiger partial charge in [-0.05, 0) is 24.1 Å². The molecule has 21 heavy (non-hydrogen) atoms. The Bertz CT molecular complexity index is 567. The number of hydrogen-bond donors (Lipinski definition) is 1. The van der Waals surface area contributed by atoms with E-state index in [4.69, 9.17) is 16.1 Å². The van der Waals surface area contributed by atoms with Crippen LogP contribution in [0.2, 0.25) is 5.22 Å². The van der Waals surface area contributed by atoms with E-state index >= 15 is 0 Å². The van der Waals surface area contributed by atoms with Crippen LogP contribution in [0.3, 0.4) is 0 Å². The van der Waals surface area contributed by atoms with Gasteiger partial charge < -0.3 is 9.84 Å². The van der Waals surface area contributed by atoms with Crippen LogP contribution in [0, 0.1) is 6.92 Å². The summed E-state index contributed by atoms with van der Waals surface area (Å²) < 4.78 is 4.82. The molecule has 1 aromatic carbocycles. The molecule has 0 spiro atoms. The lowest BCUT2D eigenvalue weighted by atomic mass is 10.2. The number of rotatable bonds is 7. The number of nitrogens with one attached hydrogen (secondary N) is 1. The Morgan fingerprint density at radius 2 is 2.14 bits per heavy atom. The van der Waals surface area contributed by atoms with Crippen molar-refractivity contribution in [3.8, 4) is 0 Å². The van der Waals surface area contributed by atoms with E-state index in [0.29, 0.717) is 17.8 Å². The maximum atomic E-state index is 11.8. The summed E-state index contributed by atoms with van der Waals surface area (Å²) in [5.41, 5.74) is 2.61. The van der Waals surface area contributed by atoms with Gasteiger partial charge in [-0.25, -0.2) is 0 Å². The van der Waals surface area contributed by atoms with Crippen LogP contribution in [-0.4, -0.2) is 23.4 Å². The molecule has 2 aromatic rings. The smallest absolute Gasteiger partial charge is 0.229 e. The fourth-order valence-electron chi connectivity index (χ4n) is 1.81. The summed E-state index contributed by atoms with van der Waals surface area (Å²) in [4.78, 5) is 11.8. The summed E-state index contributed by atoms with van der Waals surface area (Å²) in [5, 5.41) is 6.79. The SMILES string of the molecule is Cc1noc(Cl)c1CC(=O)NCCSCc1ccccc1. The van der Waals surface area contributed by atoms with Crippen LogP contribution < -0.4 is 5.32 Å². The van der Waals surface area contributed by atoms with E-state index in [2.05, 4.69) is 22.6 Å². The molecule has 1 aromatic heterocycles. The van der Waals surface area contributed by atoms with E-state index < -0.39 is 0 Å². The maximum absolute atomic E-state index is 11.8. The number of nitrogens with zero attached hydrogens (tertiary/aromatic N) is 1. The normalized spacial score (nSPS) is 10.6. The lowest BCUT2D eigenvalue weighted by Crippen LogP contribution is -2.27. The fraction of sp³-hybridized carbons (Fsp3) is 0.333. The molecule has 4 nitrogen and oxygen atoms in total. The Kier molecular flexibility index (Phi) is 6.14. The number of carbonyl (C=O) groups excluding carboxylic acids is 1. The Hall–Kier alpha value is -1.46. The molecule has 0 unspecified atom stereocenters. The van der Waals surface area contributed by atoms with Crippen molar-refractivity contribution < 1.29 is 9.32 Å². The van der Waals surface area contributed by atoms with Gasteiger partial charge in [-0.1, -0.05) is 35.5 Å². The third kappa shape index (κ3) is 5.10. The number of amides is 1. The van der Waals surface area contributed by atoms with Gasteiger partial charge in [0.15, 0.2) is 0 Å². The number of carbonyl (C=O) groups is 1. The van der Waals surface area contributed by atoms with E-state index in [1.807, 2.05) is 18.2 Å². The number of thioether (sulfide) groups is 1. The predicted molar refractivity (Wildman–Crippen MR) is 85.6 cm³/mol. The first-order chi connectivity index (χ1) is 10.2. The van der Waals surface area contributed by atoms with Crippen LogP contribution in [0.15, 0.2) is 34.9 Å². The second kappa shape index (κ2) is 8.10. The zero-order chi connectivity index (χ0) is 15.1. The van der Waals surface area contributed by atoms with Crippen molar-refractivity contribution in [1.29, 1.82) is 0 Å². The minimum absolute atomic E-state index is 0.0662. The minimum atomic E-state index is -0.0662. The molecular weight excluding hydrogens is 308 g/mol. The maximum Gasteiger partial charge on any atom is 0.229 e. The molecule has 112 valence electrons. The lowest BCUT2D eigenvalue weighted by molar-refractivity contribution is -0.120. The van der Waals surface area contributed by atoms with Crippen molar-refractivity contribution >= 4 is 29.3 Å². The van der Waals surface area contributed by atoms with Crippen LogP contribution in [-0.2, 0) is 17.0 Å². The van der Waals surface area contributed by atoms with Crippen LogP contribution in [0.25, 0.3) is 0 Å². The summed E-state index contributed by atoms with van der Waals surface area (Å²) in [6.07, 6.45) is 0.206. The van der Waals surface area contributed by atoms with Crippen LogP contribution >= 0.6 is 23.4 Å². The summed E-state index contributed by atoms with van der Waals surface area (Å²) in [6, 6.07) is 10.3. The Morgan fingerprint density at radius 1 is 1.38 bits per heavy atom. The first-order valence-electron chi connectivity index (χ1n) is 6.66. The molecular formula is C15H17ClN2O2S. The van der Waals surface area contributed by atoms with Crippen molar-refractivity contribution in [2.24, 2.45) is 0 Å². The van der Waals surface area contributed by atoms with Gasteiger partial charge >= 0.3 is 0 Å². The molecule has 6 heteroatoms. The van der Waals surface area contributed by atoms with Crippen LogP contribution in [0.4, 0.5) is 0 Å². The van der Waals surface area contributed by atoms with Gasteiger partial charge in [0.25, 0.3) is 0 Å². The molecule has 1 heterocycles. The molecule has 1 amide bonds. The van der Waals surface area contributed by atoms with E-state index in [-0.39, 0.29) is 17.5 Å². The second-order valence-corrected chi connectivity index (χ2v) is 6.03. The van der Waals surface area contributed by atoms with Gasteiger partial charge in [0.05, 0.1) is 12.1 Å². The molecule has 0 saturated heterocycles. The zero-order valence-corrected chi connectivity index (χ0v) is 13.3. The van der Waals surface area contributed by atoms with E-state index in [1.54, 1.807) is 18.7 Å². The molecule has 0 fully saturated rings. The zero-order valence-electron chi connectivity index (χ0n) is 11.8. The Labute approximate surface area is 133 Å². The quantitative estimate of drug-likeness (QED) is 0.794. The van der Waals surface area contributed by atoms with E-state index in [1.165, 1.54) is 5.56 Å². The van der Waals surface area contributed by atoms with Crippen molar-refractivity contribution in [2.75, 3.05) is 12.3 Å². The van der Waals surface area contributed by atoms with Gasteiger partial charge in [-0.2, -0.15) is 11.8 Å². The lowest BCUT2D eigenvalue weighted by Gasteiger charge is -2.05. The number of halogens is 1. The van der Waals surface area contributed by atoms with E-state index in [9.17, 15) is 4.79 Å². The molecule has 1 N–H and O–H groups in total. The molecule has 2 rings (SSSR count). The monoisotopic (exact) mass is 324 g/mol. The molecule has 0 bridgehead atoms. The standard InChI is InChI=1S/C15H17ClN2O2S/c1-11-13(15(16)20-18-11)9-14(19)17-7-8-21-10-12-5-3-2-4-6-12/h2-6H,7-10H2,1H3,(H,17,19). The van der Waals surface area contributed by atoms with Crippen molar-refractivity contribution in [3.05, 3.63) is 52.4 Å². The van der Waals surface area contributed by atoms with Gasteiger partial charge in [0, 0.05) is 23.6 Å². The number of aromatic nitrogens is 1. The molecule has 0 saturated carbocycles. The number of benzene rings is 1. The third-order valence-electron chi connectivity index (χ3n) is 2.95. The second-order valence-electron chi connectivity index (χ2n) is 4.59. The summed E-state index contributed by atoms with van der Waals surface area (Å²) in [6.45, 7) is 2.41. The van der Waals surface area contributed by atoms with Gasteiger partial charge in [-0.15, -0.1) is 0 Å². The molecule has 0 aliphatic rings. The average Bonchev–Trinajstić information content (AvgIpc) is 2.80. The van der Waals surface area contributed by atoms with Gasteiger partial charge in [0.1, 0.15) is 0 Å². The first-order valence-corrected chi connectivity index (χ1v) is 8.19. The first kappa shape index (κ1) is 15.9. The highest BCUT2D eigenvalue weighted by atomic mass is 35.5. The Morgan fingerprint density at radius 3 is 2.81 bits per heavy atom. The largest absolute Gasteiger partial charge is 0.355 e.